The highest BCUT2D eigenvalue weighted by Gasteiger charge is 2.51. The van der Waals surface area contributed by atoms with Gasteiger partial charge in [0.15, 0.2) is 0 Å². The molecule has 2 bridgehead atoms. The van der Waals surface area contributed by atoms with Crippen LogP contribution >= 0.6 is 0 Å². The van der Waals surface area contributed by atoms with Gasteiger partial charge in [-0.3, -0.25) is 9.59 Å². The van der Waals surface area contributed by atoms with Crippen LogP contribution in [0.1, 0.15) is 6.42 Å². The molecule has 3 rings (SSSR count). The van der Waals surface area contributed by atoms with Crippen LogP contribution in [0.5, 0.6) is 5.75 Å². The van der Waals surface area contributed by atoms with E-state index in [0.29, 0.717) is 5.69 Å². The lowest BCUT2D eigenvalue weighted by Crippen LogP contribution is -2.36. The monoisotopic (exact) mass is 273 g/mol. The molecule has 3 N–H and O–H groups in total. The Morgan fingerprint density at radius 2 is 1.85 bits per heavy atom. The zero-order valence-corrected chi connectivity index (χ0v) is 10.7. The maximum atomic E-state index is 12.3. The fourth-order valence-corrected chi connectivity index (χ4v) is 3.33. The van der Waals surface area contributed by atoms with Gasteiger partial charge in [-0.2, -0.15) is 0 Å². The van der Waals surface area contributed by atoms with Gasteiger partial charge in [0.25, 0.3) is 0 Å². The fourth-order valence-electron chi connectivity index (χ4n) is 3.33. The van der Waals surface area contributed by atoms with Crippen LogP contribution in [-0.2, 0) is 9.59 Å². The number of amides is 1. The molecule has 0 aromatic heterocycles. The van der Waals surface area contributed by atoms with E-state index in [1.54, 1.807) is 12.1 Å². The molecule has 1 saturated carbocycles. The molecular weight excluding hydrogens is 258 g/mol. The molecule has 20 heavy (non-hydrogen) atoms. The van der Waals surface area contributed by atoms with Crippen molar-refractivity contribution in [2.75, 3.05) is 5.32 Å². The number of benzene rings is 1. The molecule has 104 valence electrons. The van der Waals surface area contributed by atoms with Crippen molar-refractivity contribution in [1.29, 1.82) is 0 Å². The molecule has 1 amide bonds. The van der Waals surface area contributed by atoms with Crippen LogP contribution in [0.3, 0.4) is 0 Å². The summed E-state index contributed by atoms with van der Waals surface area (Å²) in [6.07, 6.45) is 4.58. The molecule has 1 aromatic rings. The van der Waals surface area contributed by atoms with Gasteiger partial charge in [-0.1, -0.05) is 18.2 Å². The van der Waals surface area contributed by atoms with Gasteiger partial charge in [0.05, 0.1) is 11.8 Å². The fraction of sp³-hybridized carbons (Fsp3) is 0.333. The average Bonchev–Trinajstić information content (AvgIpc) is 2.98. The summed E-state index contributed by atoms with van der Waals surface area (Å²) < 4.78 is 0. The maximum Gasteiger partial charge on any atom is 0.307 e. The lowest BCUT2D eigenvalue weighted by Gasteiger charge is -2.23. The predicted molar refractivity (Wildman–Crippen MR) is 72.1 cm³/mol. The SMILES string of the molecule is O=C(O)[C@@H]1[C@H](C(=O)Nc2cccc(O)c2)[C@H]2C=C[C@H]1C2. The van der Waals surface area contributed by atoms with E-state index in [1.165, 1.54) is 12.1 Å². The molecule has 0 unspecified atom stereocenters. The standard InChI is InChI=1S/C15H15NO4/c17-11-3-1-2-10(7-11)16-14(18)12-8-4-5-9(6-8)13(12)15(19)20/h1-5,7-9,12-13,17H,6H2,(H,16,18)(H,19,20)/t8-,9-,12+,13-/m0/s1. The molecule has 0 radical (unpaired) electrons. The minimum absolute atomic E-state index is 0.00147. The van der Waals surface area contributed by atoms with Gasteiger partial charge in [-0.05, 0) is 30.4 Å². The Balaban J connectivity index is 1.80. The van der Waals surface area contributed by atoms with Crippen molar-refractivity contribution in [3.8, 4) is 5.75 Å². The summed E-state index contributed by atoms with van der Waals surface area (Å²) in [6, 6.07) is 6.24. The number of allylic oxidation sites excluding steroid dienone is 2. The minimum atomic E-state index is -0.919. The average molecular weight is 273 g/mol. The van der Waals surface area contributed by atoms with Gasteiger partial charge < -0.3 is 15.5 Å². The lowest BCUT2D eigenvalue weighted by molar-refractivity contribution is -0.146. The van der Waals surface area contributed by atoms with Crippen molar-refractivity contribution in [2.45, 2.75) is 6.42 Å². The lowest BCUT2D eigenvalue weighted by atomic mass is 9.82. The van der Waals surface area contributed by atoms with Crippen molar-refractivity contribution in [3.63, 3.8) is 0 Å². The van der Waals surface area contributed by atoms with Crippen molar-refractivity contribution in [2.24, 2.45) is 23.7 Å². The molecule has 0 aliphatic heterocycles. The highest BCUT2D eigenvalue weighted by atomic mass is 16.4. The summed E-state index contributed by atoms with van der Waals surface area (Å²) in [5.41, 5.74) is 0.478. The van der Waals surface area contributed by atoms with Crippen LogP contribution in [0.25, 0.3) is 0 Å². The first kappa shape index (κ1) is 12.7. The summed E-state index contributed by atoms with van der Waals surface area (Å²) in [5, 5.41) is 21.4. The van der Waals surface area contributed by atoms with E-state index in [-0.39, 0.29) is 23.5 Å². The van der Waals surface area contributed by atoms with Crippen molar-refractivity contribution in [3.05, 3.63) is 36.4 Å². The van der Waals surface area contributed by atoms with Gasteiger partial charge in [0.2, 0.25) is 5.91 Å². The van der Waals surface area contributed by atoms with Crippen molar-refractivity contribution < 1.29 is 19.8 Å². The number of hydrogen-bond donors (Lipinski definition) is 3. The van der Waals surface area contributed by atoms with E-state index in [0.717, 1.165) is 6.42 Å². The number of carbonyl (C=O) groups is 2. The van der Waals surface area contributed by atoms with E-state index in [9.17, 15) is 19.8 Å². The Labute approximate surface area is 115 Å². The third-order valence-corrected chi connectivity index (χ3v) is 4.16. The Morgan fingerprint density at radius 3 is 2.50 bits per heavy atom. The van der Waals surface area contributed by atoms with E-state index in [1.807, 2.05) is 12.2 Å². The van der Waals surface area contributed by atoms with Gasteiger partial charge in [0, 0.05) is 11.8 Å². The quantitative estimate of drug-likeness (QED) is 0.733. The number of aliphatic carboxylic acids is 1. The van der Waals surface area contributed by atoms with Crippen LogP contribution < -0.4 is 5.32 Å². The van der Waals surface area contributed by atoms with Gasteiger partial charge in [0.1, 0.15) is 5.75 Å². The first-order chi connectivity index (χ1) is 9.56. The first-order valence-corrected chi connectivity index (χ1v) is 6.57. The maximum absolute atomic E-state index is 12.3. The molecule has 2 aliphatic rings. The Kier molecular flexibility index (Phi) is 2.97. The molecule has 0 spiro atoms. The van der Waals surface area contributed by atoms with Gasteiger partial charge in [-0.15, -0.1) is 0 Å². The number of anilines is 1. The van der Waals surface area contributed by atoms with Gasteiger partial charge in [-0.25, -0.2) is 0 Å². The third kappa shape index (κ3) is 2.05. The summed E-state index contributed by atoms with van der Waals surface area (Å²) in [7, 11) is 0. The second-order valence-electron chi connectivity index (χ2n) is 5.38. The highest BCUT2D eigenvalue weighted by molar-refractivity contribution is 5.96. The van der Waals surface area contributed by atoms with E-state index in [2.05, 4.69) is 5.32 Å². The smallest absolute Gasteiger partial charge is 0.307 e. The number of carbonyl (C=O) groups excluding carboxylic acids is 1. The number of aromatic hydroxyl groups is 1. The molecule has 0 saturated heterocycles. The van der Waals surface area contributed by atoms with Crippen molar-refractivity contribution >= 4 is 17.6 Å². The summed E-state index contributed by atoms with van der Waals surface area (Å²) >= 11 is 0. The van der Waals surface area contributed by atoms with Crippen LogP contribution in [0.15, 0.2) is 36.4 Å². The van der Waals surface area contributed by atoms with Crippen LogP contribution in [0, 0.1) is 23.7 Å². The molecule has 0 heterocycles. The van der Waals surface area contributed by atoms with Crippen molar-refractivity contribution in [1.82, 2.24) is 0 Å². The molecule has 4 atom stereocenters. The summed E-state index contributed by atoms with van der Waals surface area (Å²) in [5.74, 6) is -2.38. The van der Waals surface area contributed by atoms with Crippen LogP contribution in [0.2, 0.25) is 0 Å². The zero-order valence-electron chi connectivity index (χ0n) is 10.7. The Morgan fingerprint density at radius 1 is 1.15 bits per heavy atom. The van der Waals surface area contributed by atoms with E-state index < -0.39 is 17.8 Å². The number of hydrogen-bond acceptors (Lipinski definition) is 3. The molecular formula is C15H15NO4. The second-order valence-corrected chi connectivity index (χ2v) is 5.38. The number of nitrogens with one attached hydrogen (secondary N) is 1. The van der Waals surface area contributed by atoms with E-state index >= 15 is 0 Å². The number of phenols is 1. The second kappa shape index (κ2) is 4.67. The van der Waals surface area contributed by atoms with Crippen LogP contribution in [-0.4, -0.2) is 22.1 Å². The van der Waals surface area contributed by atoms with E-state index in [4.69, 9.17) is 0 Å². The molecule has 5 nitrogen and oxygen atoms in total. The minimum Gasteiger partial charge on any atom is -0.508 e. The number of carboxylic acid groups (broad SMARTS) is 1. The third-order valence-electron chi connectivity index (χ3n) is 4.16. The summed E-state index contributed by atoms with van der Waals surface area (Å²) in [6.45, 7) is 0. The number of phenolic OH excluding ortho intramolecular Hbond substituents is 1. The Bertz CT molecular complexity index is 595. The van der Waals surface area contributed by atoms with Crippen LogP contribution in [0.4, 0.5) is 5.69 Å². The topological polar surface area (TPSA) is 86.6 Å². The molecule has 2 aliphatic carbocycles. The normalized spacial score (nSPS) is 30.4. The number of rotatable bonds is 3. The predicted octanol–water partition coefficient (Wildman–Crippen LogP) is 1.85. The zero-order chi connectivity index (χ0) is 14.3. The molecule has 1 aromatic carbocycles. The molecule has 5 heteroatoms. The largest absolute Gasteiger partial charge is 0.508 e. The van der Waals surface area contributed by atoms with Gasteiger partial charge >= 0.3 is 5.97 Å². The Hall–Kier alpha value is -2.30. The molecule has 1 fully saturated rings. The number of fused-ring (bicyclic) bond motifs is 2. The summed E-state index contributed by atoms with van der Waals surface area (Å²) in [4.78, 5) is 23.7. The highest BCUT2D eigenvalue weighted by Crippen LogP contribution is 2.48. The first-order valence-electron chi connectivity index (χ1n) is 6.57. The number of carboxylic acids is 1.